The molecule has 114 valence electrons. The number of nitrogens with one attached hydrogen (secondary N) is 1. The van der Waals surface area contributed by atoms with E-state index < -0.39 is 35.6 Å². The molecule has 0 atom stereocenters. The lowest BCUT2D eigenvalue weighted by Crippen LogP contribution is -2.27. The van der Waals surface area contributed by atoms with Crippen LogP contribution >= 0.6 is 0 Å². The second-order valence-electron chi connectivity index (χ2n) is 4.36. The highest BCUT2D eigenvalue weighted by Gasteiger charge is 2.11. The third-order valence-electron chi connectivity index (χ3n) is 2.75. The average Bonchev–Trinajstić information content (AvgIpc) is 2.45. The Balaban J connectivity index is 2.19. The summed E-state index contributed by atoms with van der Waals surface area (Å²) in [6.45, 7) is -0.532. The van der Waals surface area contributed by atoms with E-state index in [4.69, 9.17) is 5.11 Å². The highest BCUT2D eigenvalue weighted by molar-refractivity contribution is 5.91. The van der Waals surface area contributed by atoms with Gasteiger partial charge in [0.25, 0.3) is 5.56 Å². The van der Waals surface area contributed by atoms with Gasteiger partial charge in [-0.15, -0.1) is 0 Å². The van der Waals surface area contributed by atoms with E-state index in [1.165, 1.54) is 0 Å². The zero-order valence-corrected chi connectivity index (χ0v) is 11.0. The first kappa shape index (κ1) is 15.4. The zero-order valence-electron chi connectivity index (χ0n) is 11.0. The summed E-state index contributed by atoms with van der Waals surface area (Å²) in [5, 5.41) is 10.9. The molecular formula is C14H10F2N2O4. The molecule has 0 spiro atoms. The third-order valence-corrected chi connectivity index (χ3v) is 2.75. The van der Waals surface area contributed by atoms with Gasteiger partial charge in [0.1, 0.15) is 18.2 Å². The Morgan fingerprint density at radius 3 is 2.59 bits per heavy atom. The molecule has 0 bridgehead atoms. The van der Waals surface area contributed by atoms with Gasteiger partial charge in [-0.2, -0.15) is 0 Å². The number of halogens is 2. The van der Waals surface area contributed by atoms with E-state index in [0.29, 0.717) is 0 Å². The maximum atomic E-state index is 13.4. The first-order valence-electron chi connectivity index (χ1n) is 6.05. The summed E-state index contributed by atoms with van der Waals surface area (Å²) < 4.78 is 27.2. The normalized spacial score (nSPS) is 10.3. The minimum Gasteiger partial charge on any atom is -0.478 e. The van der Waals surface area contributed by atoms with Gasteiger partial charge in [-0.05, 0) is 18.2 Å². The fourth-order valence-corrected chi connectivity index (χ4v) is 1.72. The van der Waals surface area contributed by atoms with Crippen molar-refractivity contribution in [3.63, 3.8) is 0 Å². The molecule has 6 nitrogen and oxygen atoms in total. The number of rotatable bonds is 4. The lowest BCUT2D eigenvalue weighted by atomic mass is 10.3. The number of carbonyl (C=O) groups is 2. The van der Waals surface area contributed by atoms with Crippen LogP contribution in [0.25, 0.3) is 0 Å². The summed E-state index contributed by atoms with van der Waals surface area (Å²) in [4.78, 5) is 34.1. The lowest BCUT2D eigenvalue weighted by Gasteiger charge is -2.09. The Labute approximate surface area is 122 Å². The van der Waals surface area contributed by atoms with E-state index in [2.05, 4.69) is 5.32 Å². The van der Waals surface area contributed by atoms with Gasteiger partial charge in [0, 0.05) is 18.3 Å². The van der Waals surface area contributed by atoms with Gasteiger partial charge in [-0.1, -0.05) is 0 Å². The van der Waals surface area contributed by atoms with Crippen LogP contribution in [0.5, 0.6) is 0 Å². The maximum absolute atomic E-state index is 13.4. The van der Waals surface area contributed by atoms with Crippen molar-refractivity contribution in [3.05, 3.63) is 64.1 Å². The van der Waals surface area contributed by atoms with Crippen LogP contribution < -0.4 is 10.9 Å². The van der Waals surface area contributed by atoms with Gasteiger partial charge >= 0.3 is 5.97 Å². The summed E-state index contributed by atoms with van der Waals surface area (Å²) >= 11 is 0. The number of aromatic carboxylic acids is 1. The van der Waals surface area contributed by atoms with Crippen molar-refractivity contribution in [2.24, 2.45) is 0 Å². The predicted octanol–water partition coefficient (Wildman–Crippen LogP) is 1.46. The maximum Gasteiger partial charge on any atom is 0.337 e. The molecule has 2 aromatic rings. The fourth-order valence-electron chi connectivity index (χ4n) is 1.72. The lowest BCUT2D eigenvalue weighted by molar-refractivity contribution is -0.116. The molecule has 0 radical (unpaired) electrons. The van der Waals surface area contributed by atoms with Gasteiger partial charge in [0.15, 0.2) is 0 Å². The van der Waals surface area contributed by atoms with Crippen LogP contribution in [0, 0.1) is 11.6 Å². The molecule has 2 N–H and O–H groups in total. The predicted molar refractivity (Wildman–Crippen MR) is 72.6 cm³/mol. The van der Waals surface area contributed by atoms with Crippen molar-refractivity contribution >= 4 is 17.6 Å². The number of amides is 1. The van der Waals surface area contributed by atoms with Crippen molar-refractivity contribution < 1.29 is 23.5 Å². The first-order valence-corrected chi connectivity index (χ1v) is 6.05. The van der Waals surface area contributed by atoms with Crippen molar-refractivity contribution in [2.75, 3.05) is 5.32 Å². The zero-order chi connectivity index (χ0) is 16.3. The topological polar surface area (TPSA) is 88.4 Å². The molecule has 1 aromatic carbocycles. The number of anilines is 1. The number of carboxylic acids is 1. The van der Waals surface area contributed by atoms with E-state index in [1.807, 2.05) is 0 Å². The Hall–Kier alpha value is -3.03. The molecular weight excluding hydrogens is 298 g/mol. The van der Waals surface area contributed by atoms with Gasteiger partial charge < -0.3 is 15.0 Å². The molecule has 1 amide bonds. The second kappa shape index (κ2) is 6.17. The SMILES string of the molecule is O=C(Cn1cc(C(=O)O)ccc1=O)Nc1cc(F)ccc1F. The molecule has 22 heavy (non-hydrogen) atoms. The molecule has 2 rings (SSSR count). The van der Waals surface area contributed by atoms with Crippen LogP contribution in [0.3, 0.4) is 0 Å². The van der Waals surface area contributed by atoms with E-state index in [0.717, 1.165) is 41.1 Å². The largest absolute Gasteiger partial charge is 0.478 e. The Bertz CT molecular complexity index is 802. The molecule has 0 saturated carbocycles. The van der Waals surface area contributed by atoms with Gasteiger partial charge in [0.2, 0.25) is 5.91 Å². The number of hydrogen-bond donors (Lipinski definition) is 2. The number of carbonyl (C=O) groups excluding carboxylic acids is 1. The van der Waals surface area contributed by atoms with E-state index in [-0.39, 0.29) is 11.3 Å². The van der Waals surface area contributed by atoms with Crippen LogP contribution in [-0.4, -0.2) is 21.6 Å². The molecule has 0 aliphatic heterocycles. The summed E-state index contributed by atoms with van der Waals surface area (Å²) in [6.07, 6.45) is 0.992. The number of carboxylic acid groups (broad SMARTS) is 1. The minimum absolute atomic E-state index is 0.177. The van der Waals surface area contributed by atoms with Crippen molar-refractivity contribution in [3.8, 4) is 0 Å². The molecule has 1 heterocycles. The molecule has 1 aromatic heterocycles. The van der Waals surface area contributed by atoms with Crippen molar-refractivity contribution in [1.29, 1.82) is 0 Å². The Kier molecular flexibility index (Phi) is 4.31. The number of nitrogens with zero attached hydrogens (tertiary/aromatic N) is 1. The van der Waals surface area contributed by atoms with E-state index in [9.17, 15) is 23.2 Å². The van der Waals surface area contributed by atoms with E-state index in [1.54, 1.807) is 0 Å². The summed E-state index contributed by atoms with van der Waals surface area (Å²) in [5.74, 6) is -3.62. The van der Waals surface area contributed by atoms with E-state index >= 15 is 0 Å². The standard InChI is InChI=1S/C14H10F2N2O4/c15-9-2-3-10(16)11(5-9)17-12(19)7-18-6-8(14(21)22)1-4-13(18)20/h1-6H,7H2,(H,17,19)(H,21,22). The number of aromatic nitrogens is 1. The summed E-state index contributed by atoms with van der Waals surface area (Å²) in [7, 11) is 0. The van der Waals surface area contributed by atoms with Crippen LogP contribution in [0.2, 0.25) is 0 Å². The smallest absolute Gasteiger partial charge is 0.337 e. The average molecular weight is 308 g/mol. The number of benzene rings is 1. The second-order valence-corrected chi connectivity index (χ2v) is 4.36. The molecule has 0 unspecified atom stereocenters. The summed E-state index contributed by atoms with van der Waals surface area (Å²) in [6, 6.07) is 4.64. The highest BCUT2D eigenvalue weighted by atomic mass is 19.1. The quantitative estimate of drug-likeness (QED) is 0.895. The monoisotopic (exact) mass is 308 g/mol. The van der Waals surface area contributed by atoms with Crippen LogP contribution in [-0.2, 0) is 11.3 Å². The third kappa shape index (κ3) is 3.54. The van der Waals surface area contributed by atoms with Crippen LogP contribution in [0.15, 0.2) is 41.3 Å². The molecule has 0 saturated heterocycles. The molecule has 0 aliphatic rings. The summed E-state index contributed by atoms with van der Waals surface area (Å²) in [5.41, 5.74) is -1.14. The Morgan fingerprint density at radius 1 is 1.18 bits per heavy atom. The number of pyridine rings is 1. The number of hydrogen-bond acceptors (Lipinski definition) is 3. The molecule has 8 heteroatoms. The van der Waals surface area contributed by atoms with Crippen LogP contribution in [0.4, 0.5) is 14.5 Å². The molecule has 0 aliphatic carbocycles. The van der Waals surface area contributed by atoms with Gasteiger partial charge in [-0.25, -0.2) is 13.6 Å². The van der Waals surface area contributed by atoms with Crippen molar-refractivity contribution in [2.45, 2.75) is 6.54 Å². The highest BCUT2D eigenvalue weighted by Crippen LogP contribution is 2.15. The Morgan fingerprint density at radius 2 is 1.91 bits per heavy atom. The molecule has 0 fully saturated rings. The van der Waals surface area contributed by atoms with Crippen LogP contribution in [0.1, 0.15) is 10.4 Å². The fraction of sp³-hybridized carbons (Fsp3) is 0.0714. The van der Waals surface area contributed by atoms with Gasteiger partial charge in [0.05, 0.1) is 11.3 Å². The van der Waals surface area contributed by atoms with Gasteiger partial charge in [-0.3, -0.25) is 9.59 Å². The van der Waals surface area contributed by atoms with Crippen molar-refractivity contribution in [1.82, 2.24) is 4.57 Å². The first-order chi connectivity index (χ1) is 10.4. The minimum atomic E-state index is -1.26.